The van der Waals surface area contributed by atoms with Crippen LogP contribution in [0.5, 0.6) is 0 Å². The minimum atomic E-state index is -0.0268. The molecule has 3 aromatic rings. The van der Waals surface area contributed by atoms with Crippen molar-refractivity contribution in [2.24, 2.45) is 0 Å². The number of anilines is 1. The van der Waals surface area contributed by atoms with Crippen molar-refractivity contribution in [2.45, 2.75) is 39.7 Å². The highest BCUT2D eigenvalue weighted by molar-refractivity contribution is 5.88. The summed E-state index contributed by atoms with van der Waals surface area (Å²) >= 11 is 0. The summed E-state index contributed by atoms with van der Waals surface area (Å²) in [6.45, 7) is 6.91. The van der Waals surface area contributed by atoms with Crippen LogP contribution in [-0.4, -0.2) is 25.0 Å². The summed E-state index contributed by atoms with van der Waals surface area (Å²) in [4.78, 5) is 18.7. The van der Waals surface area contributed by atoms with E-state index in [1.54, 1.807) is 12.5 Å². The highest BCUT2D eigenvalue weighted by atomic mass is 16.3. The van der Waals surface area contributed by atoms with Crippen LogP contribution in [0.1, 0.15) is 42.0 Å². The SMILES string of the molecule is Cc1cc2occ(CC(=O)NCc3ccc(N(C)C)nc3)c2cc1C(C)C. The van der Waals surface area contributed by atoms with Gasteiger partial charge >= 0.3 is 0 Å². The Morgan fingerprint density at radius 1 is 1.26 bits per heavy atom. The lowest BCUT2D eigenvalue weighted by molar-refractivity contribution is -0.120. The molecule has 0 atom stereocenters. The molecule has 2 aromatic heterocycles. The Kier molecular flexibility index (Phi) is 5.49. The van der Waals surface area contributed by atoms with Crippen LogP contribution in [0.3, 0.4) is 0 Å². The third-order valence-electron chi connectivity index (χ3n) is 4.77. The molecule has 5 heteroatoms. The van der Waals surface area contributed by atoms with Gasteiger partial charge in [0.05, 0.1) is 12.7 Å². The molecule has 0 spiro atoms. The van der Waals surface area contributed by atoms with Crippen molar-refractivity contribution in [3.8, 4) is 0 Å². The van der Waals surface area contributed by atoms with Crippen LogP contribution in [0.2, 0.25) is 0 Å². The second-order valence-electron chi connectivity index (χ2n) is 7.49. The van der Waals surface area contributed by atoms with Gasteiger partial charge in [0.1, 0.15) is 11.4 Å². The topological polar surface area (TPSA) is 58.4 Å². The molecule has 0 aliphatic carbocycles. The number of fused-ring (bicyclic) bond motifs is 1. The largest absolute Gasteiger partial charge is 0.464 e. The van der Waals surface area contributed by atoms with E-state index in [1.807, 2.05) is 31.1 Å². The molecule has 1 N–H and O–H groups in total. The number of hydrogen-bond donors (Lipinski definition) is 1. The van der Waals surface area contributed by atoms with E-state index in [1.165, 1.54) is 11.1 Å². The first-order chi connectivity index (χ1) is 12.8. The number of furan rings is 1. The van der Waals surface area contributed by atoms with Gasteiger partial charge in [0, 0.05) is 37.8 Å². The number of aromatic nitrogens is 1. The molecular weight excluding hydrogens is 338 g/mol. The monoisotopic (exact) mass is 365 g/mol. The van der Waals surface area contributed by atoms with E-state index in [4.69, 9.17) is 4.42 Å². The van der Waals surface area contributed by atoms with Gasteiger partial charge in [-0.3, -0.25) is 4.79 Å². The van der Waals surface area contributed by atoms with Gasteiger partial charge in [0.2, 0.25) is 5.91 Å². The van der Waals surface area contributed by atoms with Crippen LogP contribution in [0.25, 0.3) is 11.0 Å². The molecule has 0 unspecified atom stereocenters. The summed E-state index contributed by atoms with van der Waals surface area (Å²) < 4.78 is 5.67. The lowest BCUT2D eigenvalue weighted by atomic mass is 9.95. The van der Waals surface area contributed by atoms with Crippen LogP contribution in [0.15, 0.2) is 41.1 Å². The zero-order chi connectivity index (χ0) is 19.6. The number of nitrogens with zero attached hydrogens (tertiary/aromatic N) is 2. The van der Waals surface area contributed by atoms with Gasteiger partial charge in [0.25, 0.3) is 0 Å². The molecule has 1 aromatic carbocycles. The minimum Gasteiger partial charge on any atom is -0.464 e. The Morgan fingerprint density at radius 2 is 2.04 bits per heavy atom. The molecule has 27 heavy (non-hydrogen) atoms. The van der Waals surface area contributed by atoms with E-state index in [0.717, 1.165) is 27.9 Å². The van der Waals surface area contributed by atoms with Crippen molar-refractivity contribution in [2.75, 3.05) is 19.0 Å². The van der Waals surface area contributed by atoms with Crippen LogP contribution in [0, 0.1) is 6.92 Å². The lowest BCUT2D eigenvalue weighted by Crippen LogP contribution is -2.24. The summed E-state index contributed by atoms with van der Waals surface area (Å²) in [5, 5.41) is 3.99. The molecule has 142 valence electrons. The number of carbonyl (C=O) groups excluding carboxylic acids is 1. The molecular formula is C22H27N3O2. The molecule has 0 fully saturated rings. The molecule has 0 radical (unpaired) electrons. The van der Waals surface area contributed by atoms with E-state index in [0.29, 0.717) is 18.9 Å². The van der Waals surface area contributed by atoms with E-state index in [-0.39, 0.29) is 5.91 Å². The molecule has 0 aliphatic heterocycles. The lowest BCUT2D eigenvalue weighted by Gasteiger charge is -2.11. The third kappa shape index (κ3) is 4.30. The third-order valence-corrected chi connectivity index (χ3v) is 4.77. The van der Waals surface area contributed by atoms with Crippen LogP contribution in [-0.2, 0) is 17.8 Å². The maximum atomic E-state index is 12.4. The number of pyridine rings is 1. The number of rotatable bonds is 6. The number of aryl methyl sites for hydroxylation is 1. The highest BCUT2D eigenvalue weighted by Gasteiger charge is 2.14. The normalized spacial score (nSPS) is 11.2. The van der Waals surface area contributed by atoms with Gasteiger partial charge in [-0.25, -0.2) is 4.98 Å². The molecule has 2 heterocycles. The summed E-state index contributed by atoms with van der Waals surface area (Å²) in [6, 6.07) is 8.14. The van der Waals surface area contributed by atoms with Crippen LogP contribution >= 0.6 is 0 Å². The van der Waals surface area contributed by atoms with Crippen LogP contribution < -0.4 is 10.2 Å². The number of amides is 1. The summed E-state index contributed by atoms with van der Waals surface area (Å²) in [7, 11) is 3.90. The Bertz CT molecular complexity index is 940. The number of nitrogens with one attached hydrogen (secondary N) is 1. The number of hydrogen-bond acceptors (Lipinski definition) is 4. The smallest absolute Gasteiger partial charge is 0.224 e. The van der Waals surface area contributed by atoms with Crippen molar-refractivity contribution in [1.29, 1.82) is 0 Å². The number of carbonyl (C=O) groups is 1. The zero-order valence-electron chi connectivity index (χ0n) is 16.7. The average molecular weight is 365 g/mol. The molecule has 0 saturated heterocycles. The summed E-state index contributed by atoms with van der Waals surface area (Å²) in [6.07, 6.45) is 3.79. The average Bonchev–Trinajstić information content (AvgIpc) is 3.01. The second-order valence-corrected chi connectivity index (χ2v) is 7.49. The maximum absolute atomic E-state index is 12.4. The molecule has 0 saturated carbocycles. The number of benzene rings is 1. The van der Waals surface area contributed by atoms with Crippen molar-refractivity contribution in [1.82, 2.24) is 10.3 Å². The van der Waals surface area contributed by atoms with Gasteiger partial charge in [-0.05, 0) is 47.7 Å². The van der Waals surface area contributed by atoms with E-state index >= 15 is 0 Å². The summed E-state index contributed by atoms with van der Waals surface area (Å²) in [5.74, 6) is 1.30. The van der Waals surface area contributed by atoms with E-state index in [2.05, 4.69) is 43.2 Å². The molecule has 3 rings (SSSR count). The second kappa shape index (κ2) is 7.82. The fourth-order valence-electron chi connectivity index (χ4n) is 3.23. The van der Waals surface area contributed by atoms with Crippen molar-refractivity contribution in [3.63, 3.8) is 0 Å². The van der Waals surface area contributed by atoms with Crippen LogP contribution in [0.4, 0.5) is 5.82 Å². The van der Waals surface area contributed by atoms with E-state index < -0.39 is 0 Å². The molecule has 0 aliphatic rings. The Hall–Kier alpha value is -2.82. The maximum Gasteiger partial charge on any atom is 0.224 e. The van der Waals surface area contributed by atoms with Crippen molar-refractivity contribution in [3.05, 3.63) is 59.0 Å². The van der Waals surface area contributed by atoms with Crippen molar-refractivity contribution >= 4 is 22.7 Å². The first kappa shape index (κ1) is 19.0. The first-order valence-electron chi connectivity index (χ1n) is 9.24. The Balaban J connectivity index is 1.68. The van der Waals surface area contributed by atoms with Gasteiger partial charge < -0.3 is 14.6 Å². The van der Waals surface area contributed by atoms with Gasteiger partial charge in [-0.15, -0.1) is 0 Å². The molecule has 5 nitrogen and oxygen atoms in total. The Morgan fingerprint density at radius 3 is 2.67 bits per heavy atom. The van der Waals surface area contributed by atoms with E-state index in [9.17, 15) is 4.79 Å². The van der Waals surface area contributed by atoms with Gasteiger partial charge in [0.15, 0.2) is 0 Å². The summed E-state index contributed by atoms with van der Waals surface area (Å²) in [5.41, 5.74) is 5.24. The van der Waals surface area contributed by atoms with Crippen molar-refractivity contribution < 1.29 is 9.21 Å². The van der Waals surface area contributed by atoms with Gasteiger partial charge in [-0.1, -0.05) is 19.9 Å². The fraction of sp³-hybridized carbons (Fsp3) is 0.364. The zero-order valence-corrected chi connectivity index (χ0v) is 16.7. The predicted octanol–water partition coefficient (Wildman–Crippen LogP) is 4.18. The van der Waals surface area contributed by atoms with Gasteiger partial charge in [-0.2, -0.15) is 0 Å². The highest BCUT2D eigenvalue weighted by Crippen LogP contribution is 2.29. The standard InChI is InChI=1S/C22H27N3O2/c1-14(2)18-10-19-17(13-27-20(19)8-15(18)3)9-22(26)24-12-16-6-7-21(23-11-16)25(4)5/h6-8,10-11,13-14H,9,12H2,1-5H3,(H,24,26). The fourth-order valence-corrected chi connectivity index (χ4v) is 3.23. The molecule has 0 bridgehead atoms. The minimum absolute atomic E-state index is 0.0268. The Labute approximate surface area is 160 Å². The quantitative estimate of drug-likeness (QED) is 0.712. The molecule has 1 amide bonds. The predicted molar refractivity (Wildman–Crippen MR) is 109 cm³/mol. The first-order valence-corrected chi connectivity index (χ1v) is 9.24.